The Bertz CT molecular complexity index is 307. The Balaban J connectivity index is 0.000000461. The van der Waals surface area contributed by atoms with Crippen molar-refractivity contribution in [3.05, 3.63) is 30.4 Å². The van der Waals surface area contributed by atoms with Crippen LogP contribution in [0.1, 0.15) is 26.0 Å². The Kier molecular flexibility index (Phi) is 4.11. The van der Waals surface area contributed by atoms with Crippen LogP contribution in [-0.2, 0) is 0 Å². The molecule has 1 aliphatic rings. The third-order valence-corrected chi connectivity index (χ3v) is 1.91. The van der Waals surface area contributed by atoms with Crippen LogP contribution in [-0.4, -0.2) is 16.5 Å². The number of hydrogen-bond acceptors (Lipinski definition) is 3. The third-order valence-electron chi connectivity index (χ3n) is 1.91. The van der Waals surface area contributed by atoms with Crippen molar-refractivity contribution in [1.82, 2.24) is 9.97 Å². The summed E-state index contributed by atoms with van der Waals surface area (Å²) in [7, 11) is 0. The predicted molar refractivity (Wildman–Crippen MR) is 59.2 cm³/mol. The zero-order valence-corrected chi connectivity index (χ0v) is 9.07. The van der Waals surface area contributed by atoms with E-state index < -0.39 is 0 Å². The molecule has 0 saturated heterocycles. The summed E-state index contributed by atoms with van der Waals surface area (Å²) in [5.74, 6) is 0.997. The van der Waals surface area contributed by atoms with Crippen molar-refractivity contribution in [2.45, 2.75) is 27.2 Å². The van der Waals surface area contributed by atoms with E-state index in [4.69, 9.17) is 0 Å². The van der Waals surface area contributed by atoms with Gasteiger partial charge in [0.05, 0.1) is 0 Å². The van der Waals surface area contributed by atoms with Crippen LogP contribution in [0.2, 0.25) is 0 Å². The van der Waals surface area contributed by atoms with Crippen molar-refractivity contribution in [1.29, 1.82) is 0 Å². The van der Waals surface area contributed by atoms with E-state index in [-0.39, 0.29) is 0 Å². The molecule has 2 heterocycles. The lowest BCUT2D eigenvalue weighted by molar-refractivity contribution is 0.953. The van der Waals surface area contributed by atoms with Gasteiger partial charge in [-0.15, -0.1) is 0 Å². The van der Waals surface area contributed by atoms with Gasteiger partial charge in [0.15, 0.2) is 0 Å². The SMILES string of the molecule is CC.Cc1cc(N2C=CCC2)ncn1. The summed E-state index contributed by atoms with van der Waals surface area (Å²) in [5, 5.41) is 0. The van der Waals surface area contributed by atoms with Gasteiger partial charge in [-0.25, -0.2) is 9.97 Å². The first-order valence-electron chi connectivity index (χ1n) is 5.08. The second-order valence-electron chi connectivity index (χ2n) is 2.88. The standard InChI is InChI=1S/C9H11N3.C2H6/c1-8-6-9(11-7-10-8)12-4-2-3-5-12;1-2/h2,4,6-7H,3,5H2,1H3;1-2H3. The summed E-state index contributed by atoms with van der Waals surface area (Å²) in [6.07, 6.45) is 6.94. The van der Waals surface area contributed by atoms with Gasteiger partial charge in [-0.1, -0.05) is 19.9 Å². The molecule has 0 unspecified atom stereocenters. The van der Waals surface area contributed by atoms with Gasteiger partial charge < -0.3 is 4.90 Å². The lowest BCUT2D eigenvalue weighted by Gasteiger charge is -2.13. The van der Waals surface area contributed by atoms with E-state index in [1.165, 1.54) is 0 Å². The fourth-order valence-corrected chi connectivity index (χ4v) is 1.28. The second kappa shape index (κ2) is 5.37. The molecular weight excluding hydrogens is 174 g/mol. The lowest BCUT2D eigenvalue weighted by Crippen LogP contribution is -2.13. The Morgan fingerprint density at radius 3 is 2.64 bits per heavy atom. The molecule has 0 aromatic carbocycles. The van der Waals surface area contributed by atoms with Crippen molar-refractivity contribution < 1.29 is 0 Å². The summed E-state index contributed by atoms with van der Waals surface area (Å²) in [6, 6.07) is 2.00. The number of aromatic nitrogens is 2. The van der Waals surface area contributed by atoms with Crippen LogP contribution in [0.3, 0.4) is 0 Å². The Morgan fingerprint density at radius 1 is 1.29 bits per heavy atom. The highest BCUT2D eigenvalue weighted by Crippen LogP contribution is 2.15. The lowest BCUT2D eigenvalue weighted by atomic mass is 10.4. The van der Waals surface area contributed by atoms with E-state index in [1.807, 2.05) is 26.8 Å². The molecule has 0 spiro atoms. The Labute approximate surface area is 85.5 Å². The van der Waals surface area contributed by atoms with Crippen molar-refractivity contribution in [2.75, 3.05) is 11.4 Å². The molecule has 0 fully saturated rings. The maximum absolute atomic E-state index is 4.19. The summed E-state index contributed by atoms with van der Waals surface area (Å²) >= 11 is 0. The second-order valence-corrected chi connectivity index (χ2v) is 2.88. The van der Waals surface area contributed by atoms with Gasteiger partial charge in [0.25, 0.3) is 0 Å². The third kappa shape index (κ3) is 2.55. The summed E-state index contributed by atoms with van der Waals surface area (Å²) in [4.78, 5) is 10.4. The largest absolute Gasteiger partial charge is 0.333 e. The van der Waals surface area contributed by atoms with Crippen LogP contribution in [0, 0.1) is 6.92 Å². The first-order chi connectivity index (χ1) is 6.86. The van der Waals surface area contributed by atoms with Crippen molar-refractivity contribution in [3.8, 4) is 0 Å². The minimum atomic E-state index is 0.997. The summed E-state index contributed by atoms with van der Waals surface area (Å²) in [5.41, 5.74) is 1.01. The minimum absolute atomic E-state index is 0.997. The first-order valence-corrected chi connectivity index (χ1v) is 5.08. The van der Waals surface area contributed by atoms with Crippen molar-refractivity contribution in [2.24, 2.45) is 0 Å². The van der Waals surface area contributed by atoms with Gasteiger partial charge in [0.1, 0.15) is 12.1 Å². The normalized spacial score (nSPS) is 13.8. The van der Waals surface area contributed by atoms with Gasteiger partial charge >= 0.3 is 0 Å². The summed E-state index contributed by atoms with van der Waals surface area (Å²) in [6.45, 7) is 7.02. The average Bonchev–Trinajstić information content (AvgIpc) is 2.74. The molecule has 0 saturated carbocycles. The fourth-order valence-electron chi connectivity index (χ4n) is 1.28. The van der Waals surface area contributed by atoms with Crippen LogP contribution in [0.5, 0.6) is 0 Å². The Hall–Kier alpha value is -1.38. The highest BCUT2D eigenvalue weighted by molar-refractivity contribution is 5.43. The average molecular weight is 191 g/mol. The van der Waals surface area contributed by atoms with Crippen molar-refractivity contribution in [3.63, 3.8) is 0 Å². The molecule has 1 aromatic heterocycles. The van der Waals surface area contributed by atoms with E-state index in [0.717, 1.165) is 24.5 Å². The van der Waals surface area contributed by atoms with Gasteiger partial charge in [0, 0.05) is 24.5 Å². The molecule has 0 radical (unpaired) electrons. The molecule has 1 aliphatic heterocycles. The molecule has 0 aliphatic carbocycles. The number of rotatable bonds is 1. The van der Waals surface area contributed by atoms with E-state index in [9.17, 15) is 0 Å². The quantitative estimate of drug-likeness (QED) is 0.683. The van der Waals surface area contributed by atoms with Gasteiger partial charge in [-0.05, 0) is 13.3 Å². The van der Waals surface area contributed by atoms with Gasteiger partial charge in [-0.2, -0.15) is 0 Å². The number of aryl methyl sites for hydroxylation is 1. The van der Waals surface area contributed by atoms with Crippen LogP contribution in [0.4, 0.5) is 5.82 Å². The molecule has 14 heavy (non-hydrogen) atoms. The molecule has 2 rings (SSSR count). The first kappa shape index (κ1) is 10.7. The molecule has 1 aromatic rings. The maximum Gasteiger partial charge on any atom is 0.136 e. The monoisotopic (exact) mass is 191 g/mol. The topological polar surface area (TPSA) is 29.0 Å². The minimum Gasteiger partial charge on any atom is -0.333 e. The highest BCUT2D eigenvalue weighted by atomic mass is 15.2. The Morgan fingerprint density at radius 2 is 2.07 bits per heavy atom. The van der Waals surface area contributed by atoms with E-state index in [1.54, 1.807) is 6.33 Å². The van der Waals surface area contributed by atoms with Crippen LogP contribution in [0.25, 0.3) is 0 Å². The van der Waals surface area contributed by atoms with E-state index >= 15 is 0 Å². The van der Waals surface area contributed by atoms with E-state index in [2.05, 4.69) is 27.1 Å². The van der Waals surface area contributed by atoms with Crippen LogP contribution in [0.15, 0.2) is 24.7 Å². The zero-order valence-electron chi connectivity index (χ0n) is 9.07. The van der Waals surface area contributed by atoms with Crippen molar-refractivity contribution >= 4 is 5.82 Å². The smallest absolute Gasteiger partial charge is 0.136 e. The molecule has 0 amide bonds. The number of anilines is 1. The maximum atomic E-state index is 4.19. The molecule has 0 bridgehead atoms. The van der Waals surface area contributed by atoms with Gasteiger partial charge in [-0.3, -0.25) is 0 Å². The molecule has 76 valence electrons. The molecule has 3 heteroatoms. The van der Waals surface area contributed by atoms with Crippen LogP contribution < -0.4 is 4.90 Å². The molecular formula is C11H17N3. The number of nitrogens with zero attached hydrogens (tertiary/aromatic N) is 3. The predicted octanol–water partition coefficient (Wildman–Crippen LogP) is 2.54. The van der Waals surface area contributed by atoms with Crippen LogP contribution >= 0.6 is 0 Å². The molecule has 0 atom stereocenters. The molecule has 3 nitrogen and oxygen atoms in total. The fraction of sp³-hybridized carbons (Fsp3) is 0.455. The molecule has 0 N–H and O–H groups in total. The van der Waals surface area contributed by atoms with E-state index in [0.29, 0.717) is 0 Å². The number of hydrogen-bond donors (Lipinski definition) is 0. The summed E-state index contributed by atoms with van der Waals surface area (Å²) < 4.78 is 0. The highest BCUT2D eigenvalue weighted by Gasteiger charge is 2.07. The van der Waals surface area contributed by atoms with Gasteiger partial charge in [0.2, 0.25) is 0 Å². The zero-order chi connectivity index (χ0) is 10.4.